The molecule has 2 N–H and O–H groups in total. The molecule has 0 saturated carbocycles. The second-order valence-corrected chi connectivity index (χ2v) is 5.92. The van der Waals surface area contributed by atoms with Crippen LogP contribution in [0.1, 0.15) is 44.4 Å². The number of anilines is 1. The first-order valence-corrected chi connectivity index (χ1v) is 7.65. The SMILES string of the molecule is CC(=O)Nc1ccc(C(=O)CC2(O)C(=O)c3ccccc3C2=O)cc1. The van der Waals surface area contributed by atoms with Crippen LogP contribution in [-0.4, -0.2) is 34.0 Å². The summed E-state index contributed by atoms with van der Waals surface area (Å²) in [6.07, 6.45) is -0.626. The molecule has 1 amide bonds. The third kappa shape index (κ3) is 2.88. The molecule has 25 heavy (non-hydrogen) atoms. The Hall–Kier alpha value is -3.12. The maximum absolute atomic E-state index is 12.4. The van der Waals surface area contributed by atoms with Crippen LogP contribution in [0.25, 0.3) is 0 Å². The van der Waals surface area contributed by atoms with Crippen molar-refractivity contribution in [3.05, 3.63) is 65.2 Å². The Kier molecular flexibility index (Phi) is 4.06. The predicted octanol–water partition coefficient (Wildman–Crippen LogP) is 2.03. The largest absolute Gasteiger partial charge is 0.374 e. The number of rotatable bonds is 4. The smallest absolute Gasteiger partial charge is 0.221 e. The van der Waals surface area contributed by atoms with E-state index in [0.29, 0.717) is 5.69 Å². The number of hydrogen-bond donors (Lipinski definition) is 2. The summed E-state index contributed by atoms with van der Waals surface area (Å²) in [4.78, 5) is 48.2. The molecule has 0 fully saturated rings. The average molecular weight is 337 g/mol. The van der Waals surface area contributed by atoms with Gasteiger partial charge in [0.25, 0.3) is 0 Å². The molecule has 2 aromatic carbocycles. The second kappa shape index (κ2) is 6.07. The van der Waals surface area contributed by atoms with Gasteiger partial charge in [0.15, 0.2) is 11.4 Å². The number of aliphatic hydroxyl groups is 1. The molecule has 0 heterocycles. The van der Waals surface area contributed by atoms with Gasteiger partial charge in [0, 0.05) is 29.3 Å². The lowest BCUT2D eigenvalue weighted by atomic mass is 9.89. The lowest BCUT2D eigenvalue weighted by Crippen LogP contribution is -2.43. The van der Waals surface area contributed by atoms with Crippen molar-refractivity contribution >= 4 is 28.9 Å². The van der Waals surface area contributed by atoms with E-state index in [0.717, 1.165) is 0 Å². The van der Waals surface area contributed by atoms with Crippen LogP contribution in [-0.2, 0) is 4.79 Å². The van der Waals surface area contributed by atoms with Gasteiger partial charge in [-0.05, 0) is 24.3 Å². The summed E-state index contributed by atoms with van der Waals surface area (Å²) >= 11 is 0. The van der Waals surface area contributed by atoms with Gasteiger partial charge in [-0.15, -0.1) is 0 Å². The number of fused-ring (bicyclic) bond motifs is 1. The number of carbonyl (C=O) groups excluding carboxylic acids is 4. The van der Waals surface area contributed by atoms with Crippen LogP contribution in [0.3, 0.4) is 0 Å². The molecular formula is C19H15NO5. The summed E-state index contributed by atoms with van der Waals surface area (Å²) in [6.45, 7) is 1.36. The monoisotopic (exact) mass is 337 g/mol. The molecule has 6 heteroatoms. The van der Waals surface area contributed by atoms with Gasteiger partial charge in [0.2, 0.25) is 17.5 Å². The van der Waals surface area contributed by atoms with E-state index in [-0.39, 0.29) is 22.6 Å². The maximum Gasteiger partial charge on any atom is 0.221 e. The van der Waals surface area contributed by atoms with Crippen molar-refractivity contribution in [2.45, 2.75) is 18.9 Å². The lowest BCUT2D eigenvalue weighted by Gasteiger charge is -2.18. The van der Waals surface area contributed by atoms with E-state index in [2.05, 4.69) is 5.32 Å². The van der Waals surface area contributed by atoms with E-state index in [9.17, 15) is 24.3 Å². The van der Waals surface area contributed by atoms with Crippen molar-refractivity contribution < 1.29 is 24.3 Å². The van der Waals surface area contributed by atoms with E-state index < -0.39 is 29.4 Å². The average Bonchev–Trinajstić information content (AvgIpc) is 2.77. The number of carbonyl (C=O) groups is 4. The van der Waals surface area contributed by atoms with E-state index in [4.69, 9.17) is 0 Å². The fourth-order valence-corrected chi connectivity index (χ4v) is 2.87. The highest BCUT2D eigenvalue weighted by Gasteiger charge is 2.52. The van der Waals surface area contributed by atoms with Gasteiger partial charge in [-0.25, -0.2) is 0 Å². The summed E-state index contributed by atoms with van der Waals surface area (Å²) in [5, 5.41) is 13.1. The second-order valence-electron chi connectivity index (χ2n) is 5.92. The van der Waals surface area contributed by atoms with Crippen molar-refractivity contribution in [1.29, 1.82) is 0 Å². The molecule has 0 saturated heterocycles. The fraction of sp³-hybridized carbons (Fsp3) is 0.158. The Balaban J connectivity index is 1.82. The zero-order chi connectivity index (χ0) is 18.2. The molecule has 0 unspecified atom stereocenters. The quantitative estimate of drug-likeness (QED) is 0.657. The summed E-state index contributed by atoms with van der Waals surface area (Å²) < 4.78 is 0. The highest BCUT2D eigenvalue weighted by molar-refractivity contribution is 6.33. The van der Waals surface area contributed by atoms with Crippen molar-refractivity contribution in [3.63, 3.8) is 0 Å². The maximum atomic E-state index is 12.4. The lowest BCUT2D eigenvalue weighted by molar-refractivity contribution is -0.114. The van der Waals surface area contributed by atoms with Gasteiger partial charge in [0.05, 0.1) is 6.42 Å². The van der Waals surface area contributed by atoms with Gasteiger partial charge >= 0.3 is 0 Å². The molecular weight excluding hydrogens is 322 g/mol. The van der Waals surface area contributed by atoms with Crippen molar-refractivity contribution in [3.8, 4) is 0 Å². The molecule has 126 valence electrons. The molecule has 0 atom stereocenters. The Morgan fingerprint density at radius 3 is 1.96 bits per heavy atom. The number of amides is 1. The topological polar surface area (TPSA) is 101 Å². The highest BCUT2D eigenvalue weighted by atomic mass is 16.3. The minimum absolute atomic E-state index is 0.129. The first kappa shape index (κ1) is 16.7. The molecule has 2 aromatic rings. The Morgan fingerprint density at radius 2 is 1.48 bits per heavy atom. The van der Waals surface area contributed by atoms with Crippen LogP contribution in [0.15, 0.2) is 48.5 Å². The summed E-state index contributed by atoms with van der Waals surface area (Å²) in [7, 11) is 0. The molecule has 6 nitrogen and oxygen atoms in total. The van der Waals surface area contributed by atoms with E-state index in [1.165, 1.54) is 43.3 Å². The third-order valence-corrected chi connectivity index (χ3v) is 4.11. The van der Waals surface area contributed by atoms with Gasteiger partial charge < -0.3 is 10.4 Å². The third-order valence-electron chi connectivity index (χ3n) is 4.11. The standard InChI is InChI=1S/C19H15NO5/c1-11(21)20-13-8-6-12(7-9-13)16(22)10-19(25)17(23)14-4-2-3-5-15(14)18(19)24/h2-9,25H,10H2,1H3,(H,20,21). The van der Waals surface area contributed by atoms with Gasteiger partial charge in [-0.2, -0.15) is 0 Å². The Morgan fingerprint density at radius 1 is 0.960 bits per heavy atom. The Labute approximate surface area is 143 Å². The van der Waals surface area contributed by atoms with Crippen LogP contribution in [0, 0.1) is 0 Å². The minimum Gasteiger partial charge on any atom is -0.374 e. The van der Waals surface area contributed by atoms with Crippen LogP contribution in [0.4, 0.5) is 5.69 Å². The molecule has 0 bridgehead atoms. The predicted molar refractivity (Wildman–Crippen MR) is 89.7 cm³/mol. The molecule has 0 radical (unpaired) electrons. The number of benzene rings is 2. The van der Waals surface area contributed by atoms with E-state index in [1.807, 2.05) is 0 Å². The Bertz CT molecular complexity index is 863. The zero-order valence-corrected chi connectivity index (χ0v) is 13.4. The first-order chi connectivity index (χ1) is 11.8. The zero-order valence-electron chi connectivity index (χ0n) is 13.4. The number of ketones is 3. The van der Waals surface area contributed by atoms with Crippen molar-refractivity contribution in [1.82, 2.24) is 0 Å². The molecule has 0 aliphatic heterocycles. The van der Waals surface area contributed by atoms with Crippen molar-refractivity contribution in [2.75, 3.05) is 5.32 Å². The van der Waals surface area contributed by atoms with Crippen LogP contribution < -0.4 is 5.32 Å². The summed E-state index contributed by atoms with van der Waals surface area (Å²) in [5.41, 5.74) is -1.35. The normalized spacial score (nSPS) is 15.0. The molecule has 1 aliphatic carbocycles. The highest BCUT2D eigenvalue weighted by Crippen LogP contribution is 2.33. The molecule has 0 spiro atoms. The van der Waals surface area contributed by atoms with Crippen LogP contribution in [0.5, 0.6) is 0 Å². The van der Waals surface area contributed by atoms with Gasteiger partial charge in [0.1, 0.15) is 0 Å². The van der Waals surface area contributed by atoms with E-state index >= 15 is 0 Å². The van der Waals surface area contributed by atoms with Crippen LogP contribution >= 0.6 is 0 Å². The minimum atomic E-state index is -2.36. The molecule has 0 aromatic heterocycles. The molecule has 1 aliphatic rings. The first-order valence-electron chi connectivity index (χ1n) is 7.65. The van der Waals surface area contributed by atoms with Gasteiger partial charge in [-0.3, -0.25) is 19.2 Å². The van der Waals surface area contributed by atoms with Crippen molar-refractivity contribution in [2.24, 2.45) is 0 Å². The number of nitrogens with one attached hydrogen (secondary N) is 1. The number of Topliss-reactive ketones (excluding diaryl/α,β-unsaturated/α-hetero) is 3. The summed E-state index contributed by atoms with van der Waals surface area (Å²) in [6, 6.07) is 12.1. The number of hydrogen-bond acceptors (Lipinski definition) is 5. The van der Waals surface area contributed by atoms with E-state index in [1.54, 1.807) is 12.1 Å². The molecule has 3 rings (SSSR count). The van der Waals surface area contributed by atoms with Crippen LogP contribution in [0.2, 0.25) is 0 Å². The summed E-state index contributed by atoms with van der Waals surface area (Å²) in [5.74, 6) is -2.28. The fourth-order valence-electron chi connectivity index (χ4n) is 2.87. The van der Waals surface area contributed by atoms with Gasteiger partial charge in [-0.1, -0.05) is 24.3 Å².